The van der Waals surface area contributed by atoms with Gasteiger partial charge in [-0.2, -0.15) is 5.10 Å². The van der Waals surface area contributed by atoms with Crippen LogP contribution in [-0.4, -0.2) is 15.6 Å². The molecule has 1 unspecified atom stereocenters. The number of aryl methyl sites for hydroxylation is 1. The number of hydrogen-bond donors (Lipinski definition) is 2. The maximum Gasteiger partial charge on any atom is 0.125 e. The van der Waals surface area contributed by atoms with Gasteiger partial charge < -0.3 is 11.5 Å². The number of benzene rings is 1. The Labute approximate surface area is 155 Å². The van der Waals surface area contributed by atoms with Crippen LogP contribution in [0.25, 0.3) is 5.69 Å². The van der Waals surface area contributed by atoms with Crippen LogP contribution in [0.5, 0.6) is 0 Å². The molecule has 0 spiro atoms. The second kappa shape index (κ2) is 7.60. The molecule has 1 heterocycles. The van der Waals surface area contributed by atoms with E-state index >= 15 is 0 Å². The number of aromatic nitrogens is 2. The fourth-order valence-electron chi connectivity index (χ4n) is 2.81. The van der Waals surface area contributed by atoms with Crippen LogP contribution < -0.4 is 11.5 Å². The highest BCUT2D eigenvalue weighted by Gasteiger charge is 2.24. The smallest absolute Gasteiger partial charge is 0.125 e. The lowest BCUT2D eigenvalue weighted by atomic mass is 10.0. The van der Waals surface area contributed by atoms with Gasteiger partial charge in [0.2, 0.25) is 0 Å². The molecule has 0 saturated heterocycles. The third-order valence-electron chi connectivity index (χ3n) is 4.82. The summed E-state index contributed by atoms with van der Waals surface area (Å²) >= 11 is 0. The maximum absolute atomic E-state index is 6.00. The van der Waals surface area contributed by atoms with Crippen molar-refractivity contribution in [3.63, 3.8) is 0 Å². The molecule has 0 radical (unpaired) electrons. The number of hydrogen-bond acceptors (Lipinski definition) is 3. The molecule has 0 bridgehead atoms. The zero-order valence-electron chi connectivity index (χ0n) is 15.5. The van der Waals surface area contributed by atoms with Crippen molar-refractivity contribution < 1.29 is 0 Å². The number of nitrogens with zero attached hydrogens (tertiary/aromatic N) is 3. The van der Waals surface area contributed by atoms with Gasteiger partial charge in [0, 0.05) is 23.5 Å². The van der Waals surface area contributed by atoms with E-state index in [1.165, 1.54) is 5.56 Å². The quantitative estimate of drug-likeness (QED) is 0.591. The first-order chi connectivity index (χ1) is 12.5. The molecule has 1 aromatic heterocycles. The van der Waals surface area contributed by atoms with Crippen LogP contribution in [-0.2, 0) is 6.42 Å². The first-order valence-corrected chi connectivity index (χ1v) is 9.11. The SMILES string of the molecule is C=C(N=C(N)/C=C(\N)C1CC1)C(C)c1cnn(-c2cccc(CC)c2)c1. The normalized spacial score (nSPS) is 16.5. The molecule has 4 N–H and O–H groups in total. The average Bonchev–Trinajstić information content (AvgIpc) is 3.38. The van der Waals surface area contributed by atoms with E-state index in [-0.39, 0.29) is 5.92 Å². The molecule has 3 rings (SSSR count). The lowest BCUT2D eigenvalue weighted by molar-refractivity contribution is 0.866. The number of allylic oxidation sites excluding steroid dienone is 2. The monoisotopic (exact) mass is 349 g/mol. The molecule has 0 amide bonds. The molecule has 1 saturated carbocycles. The minimum atomic E-state index is 0.0206. The molecule has 1 fully saturated rings. The van der Waals surface area contributed by atoms with Crippen LogP contribution in [0.15, 0.2) is 65.7 Å². The standard InChI is InChI=1S/C21H27N5/c1-4-16-6-5-7-19(10-16)26-13-18(12-24-26)14(2)15(3)25-21(23)11-20(22)17-8-9-17/h5-7,10-14,17H,3-4,8-9,22H2,1-2H3,(H2,23,25)/b20-11-. The summed E-state index contributed by atoms with van der Waals surface area (Å²) in [4.78, 5) is 4.42. The van der Waals surface area contributed by atoms with E-state index in [2.05, 4.69) is 54.8 Å². The average molecular weight is 349 g/mol. The van der Waals surface area contributed by atoms with Gasteiger partial charge in [-0.05, 0) is 54.5 Å². The predicted molar refractivity (Wildman–Crippen MR) is 107 cm³/mol. The lowest BCUT2D eigenvalue weighted by Crippen LogP contribution is -2.13. The van der Waals surface area contributed by atoms with Crippen molar-refractivity contribution in [3.8, 4) is 5.69 Å². The summed E-state index contributed by atoms with van der Waals surface area (Å²) in [7, 11) is 0. The first-order valence-electron chi connectivity index (χ1n) is 9.11. The van der Waals surface area contributed by atoms with Crippen molar-refractivity contribution in [2.24, 2.45) is 22.4 Å². The van der Waals surface area contributed by atoms with Gasteiger partial charge in [-0.25, -0.2) is 9.67 Å². The number of rotatable bonds is 7. The van der Waals surface area contributed by atoms with E-state index in [9.17, 15) is 0 Å². The Morgan fingerprint density at radius 1 is 1.42 bits per heavy atom. The molecule has 5 heteroatoms. The molecule has 1 atom stereocenters. The van der Waals surface area contributed by atoms with E-state index in [1.54, 1.807) is 6.08 Å². The molecule has 1 aromatic carbocycles. The fourth-order valence-corrected chi connectivity index (χ4v) is 2.81. The van der Waals surface area contributed by atoms with Crippen LogP contribution >= 0.6 is 0 Å². The highest BCUT2D eigenvalue weighted by molar-refractivity contribution is 5.92. The summed E-state index contributed by atoms with van der Waals surface area (Å²) < 4.78 is 1.89. The second-order valence-electron chi connectivity index (χ2n) is 6.91. The zero-order valence-corrected chi connectivity index (χ0v) is 15.5. The molecule has 2 aromatic rings. The highest BCUT2D eigenvalue weighted by atomic mass is 15.3. The first kappa shape index (κ1) is 18.0. The van der Waals surface area contributed by atoms with Gasteiger partial charge in [0.05, 0.1) is 11.9 Å². The van der Waals surface area contributed by atoms with Gasteiger partial charge in [0.25, 0.3) is 0 Å². The predicted octanol–water partition coefficient (Wildman–Crippen LogP) is 3.66. The van der Waals surface area contributed by atoms with E-state index in [4.69, 9.17) is 11.5 Å². The number of amidine groups is 1. The van der Waals surface area contributed by atoms with Crippen LogP contribution in [0.1, 0.15) is 43.7 Å². The minimum Gasteiger partial charge on any atom is -0.402 e. The van der Waals surface area contributed by atoms with Gasteiger partial charge >= 0.3 is 0 Å². The zero-order chi connectivity index (χ0) is 18.7. The fraction of sp³-hybridized carbons (Fsp3) is 0.333. The summed E-state index contributed by atoms with van der Waals surface area (Å²) in [5.74, 6) is 0.910. The van der Waals surface area contributed by atoms with Crippen molar-refractivity contribution in [1.82, 2.24) is 9.78 Å². The molecule has 0 aliphatic heterocycles. The van der Waals surface area contributed by atoms with E-state index in [0.29, 0.717) is 17.5 Å². The largest absolute Gasteiger partial charge is 0.402 e. The molecular weight excluding hydrogens is 322 g/mol. The topological polar surface area (TPSA) is 82.2 Å². The number of nitrogens with two attached hydrogens (primary N) is 2. The molecule has 1 aliphatic rings. The van der Waals surface area contributed by atoms with Gasteiger partial charge in [-0.15, -0.1) is 0 Å². The third kappa shape index (κ3) is 4.23. The van der Waals surface area contributed by atoms with Gasteiger partial charge in [-0.1, -0.05) is 32.6 Å². The molecular formula is C21H27N5. The second-order valence-corrected chi connectivity index (χ2v) is 6.91. The van der Waals surface area contributed by atoms with Crippen molar-refractivity contribution in [3.05, 3.63) is 71.8 Å². The van der Waals surface area contributed by atoms with Gasteiger partial charge in [0.15, 0.2) is 0 Å². The third-order valence-corrected chi connectivity index (χ3v) is 4.82. The lowest BCUT2D eigenvalue weighted by Gasteiger charge is -2.09. The van der Waals surface area contributed by atoms with Crippen LogP contribution in [0.4, 0.5) is 0 Å². The summed E-state index contributed by atoms with van der Waals surface area (Å²) in [5.41, 5.74) is 16.9. The van der Waals surface area contributed by atoms with E-state index < -0.39 is 0 Å². The van der Waals surface area contributed by atoms with Crippen LogP contribution in [0, 0.1) is 5.92 Å². The molecule has 26 heavy (non-hydrogen) atoms. The van der Waals surface area contributed by atoms with Crippen LogP contribution in [0.3, 0.4) is 0 Å². The van der Waals surface area contributed by atoms with Crippen molar-refractivity contribution in [2.75, 3.05) is 0 Å². The van der Waals surface area contributed by atoms with E-state index in [0.717, 1.165) is 36.2 Å². The minimum absolute atomic E-state index is 0.0206. The Balaban J connectivity index is 1.73. The molecule has 5 nitrogen and oxygen atoms in total. The van der Waals surface area contributed by atoms with E-state index in [1.807, 2.05) is 17.1 Å². The highest BCUT2D eigenvalue weighted by Crippen LogP contribution is 2.33. The Morgan fingerprint density at radius 2 is 2.19 bits per heavy atom. The Kier molecular flexibility index (Phi) is 5.26. The van der Waals surface area contributed by atoms with Crippen LogP contribution in [0.2, 0.25) is 0 Å². The summed E-state index contributed by atoms with van der Waals surface area (Å²) in [5, 5.41) is 4.49. The maximum atomic E-state index is 6.00. The Morgan fingerprint density at radius 3 is 2.88 bits per heavy atom. The Bertz CT molecular complexity index is 855. The van der Waals surface area contributed by atoms with Crippen molar-refractivity contribution in [1.29, 1.82) is 0 Å². The molecule has 136 valence electrons. The Hall–Kier alpha value is -2.82. The van der Waals surface area contributed by atoms with Crippen molar-refractivity contribution >= 4 is 5.84 Å². The summed E-state index contributed by atoms with van der Waals surface area (Å²) in [6, 6.07) is 8.38. The number of aliphatic imine (C=N–C) groups is 1. The summed E-state index contributed by atoms with van der Waals surface area (Å²) in [6.45, 7) is 8.27. The van der Waals surface area contributed by atoms with Gasteiger partial charge in [0.1, 0.15) is 5.84 Å². The van der Waals surface area contributed by atoms with Crippen molar-refractivity contribution in [2.45, 2.75) is 39.0 Å². The summed E-state index contributed by atoms with van der Waals surface area (Å²) in [6.07, 6.45) is 8.92. The molecule has 1 aliphatic carbocycles. The van der Waals surface area contributed by atoms with Gasteiger partial charge in [-0.3, -0.25) is 0 Å².